The SMILES string of the molecule is CCC(COC(=O)CCC(=O)NCCCNC(=O)CCC(C)(C)SSc1ccc([N+](=O)[O-])cn1)OC(CO)OC. The number of esters is 1. The molecule has 2 atom stereocenters. The second kappa shape index (κ2) is 19.6. The molecule has 0 radical (unpaired) electrons. The molecule has 0 spiro atoms. The molecule has 0 saturated heterocycles. The van der Waals surface area contributed by atoms with Crippen LogP contribution in [0.3, 0.4) is 0 Å². The van der Waals surface area contributed by atoms with Gasteiger partial charge in [-0.2, -0.15) is 0 Å². The Labute approximate surface area is 242 Å². The van der Waals surface area contributed by atoms with Gasteiger partial charge in [-0.05, 0) is 50.0 Å². The molecule has 0 fully saturated rings. The minimum Gasteiger partial charge on any atom is -0.463 e. The number of aromatic nitrogens is 1. The van der Waals surface area contributed by atoms with Crippen molar-refractivity contribution in [3.05, 3.63) is 28.4 Å². The van der Waals surface area contributed by atoms with Crippen LogP contribution in [-0.4, -0.2) is 83.4 Å². The van der Waals surface area contributed by atoms with Crippen LogP contribution in [-0.2, 0) is 28.6 Å². The Balaban J connectivity index is 2.14. The molecule has 226 valence electrons. The van der Waals surface area contributed by atoms with E-state index in [1.807, 2.05) is 20.8 Å². The Kier molecular flexibility index (Phi) is 17.4. The summed E-state index contributed by atoms with van der Waals surface area (Å²) in [6.45, 7) is 6.33. The minimum atomic E-state index is -0.789. The third-order valence-corrected chi connectivity index (χ3v) is 8.70. The number of rotatable bonds is 21. The van der Waals surface area contributed by atoms with Gasteiger partial charge in [-0.15, -0.1) is 0 Å². The largest absolute Gasteiger partial charge is 0.463 e. The maximum absolute atomic E-state index is 12.2. The van der Waals surface area contributed by atoms with Gasteiger partial charge in [-0.25, -0.2) is 4.98 Å². The minimum absolute atomic E-state index is 0.00219. The van der Waals surface area contributed by atoms with Gasteiger partial charge in [0.1, 0.15) is 17.8 Å². The molecular weight excluding hydrogens is 564 g/mol. The van der Waals surface area contributed by atoms with Crippen molar-refractivity contribution in [3.63, 3.8) is 0 Å². The van der Waals surface area contributed by atoms with E-state index in [1.54, 1.807) is 16.9 Å². The lowest BCUT2D eigenvalue weighted by Gasteiger charge is -2.22. The van der Waals surface area contributed by atoms with Crippen molar-refractivity contribution < 1.29 is 38.6 Å². The fraction of sp³-hybridized carbons (Fsp3) is 0.680. The summed E-state index contributed by atoms with van der Waals surface area (Å²) >= 11 is 0. The Hall–Kier alpha value is -2.46. The number of aliphatic hydroxyl groups is 1. The van der Waals surface area contributed by atoms with E-state index in [2.05, 4.69) is 15.6 Å². The van der Waals surface area contributed by atoms with Crippen molar-refractivity contribution in [2.45, 2.75) is 81.5 Å². The van der Waals surface area contributed by atoms with E-state index >= 15 is 0 Å². The van der Waals surface area contributed by atoms with Gasteiger partial charge in [0, 0.05) is 43.9 Å². The van der Waals surface area contributed by atoms with E-state index < -0.39 is 23.3 Å². The van der Waals surface area contributed by atoms with Gasteiger partial charge >= 0.3 is 5.97 Å². The van der Waals surface area contributed by atoms with Crippen LogP contribution in [0.25, 0.3) is 0 Å². The average molecular weight is 605 g/mol. The molecule has 0 saturated carbocycles. The summed E-state index contributed by atoms with van der Waals surface area (Å²) in [4.78, 5) is 50.4. The van der Waals surface area contributed by atoms with Crippen LogP contribution in [0.1, 0.15) is 59.3 Å². The Morgan fingerprint density at radius 3 is 2.38 bits per heavy atom. The number of amides is 2. The van der Waals surface area contributed by atoms with Gasteiger partial charge in [-0.3, -0.25) is 24.5 Å². The number of methoxy groups -OCH3 is 1. The maximum atomic E-state index is 12.2. The van der Waals surface area contributed by atoms with Crippen LogP contribution in [0.5, 0.6) is 0 Å². The summed E-state index contributed by atoms with van der Waals surface area (Å²) in [5.74, 6) is -0.901. The van der Waals surface area contributed by atoms with E-state index in [9.17, 15) is 24.5 Å². The highest BCUT2D eigenvalue weighted by atomic mass is 33.1. The number of nitro groups is 1. The van der Waals surface area contributed by atoms with Crippen molar-refractivity contribution in [1.82, 2.24) is 15.6 Å². The standard InChI is InChI=1S/C25H40N4O9S2/c1-5-19(38-24(16-30)36-4)17-37-23(33)10-8-20(31)26-13-6-14-27-21(32)11-12-25(2,3)40-39-22-9-7-18(15-28-22)29(34)35/h7,9,15,19,24,30H,5-6,8,10-14,16-17H2,1-4H3,(H,26,31)(H,27,32). The molecule has 2 amide bonds. The third kappa shape index (κ3) is 16.0. The zero-order valence-electron chi connectivity index (χ0n) is 23.4. The van der Waals surface area contributed by atoms with E-state index in [4.69, 9.17) is 19.3 Å². The molecule has 13 nitrogen and oxygen atoms in total. The average Bonchev–Trinajstić information content (AvgIpc) is 2.94. The van der Waals surface area contributed by atoms with Crippen LogP contribution >= 0.6 is 21.6 Å². The van der Waals surface area contributed by atoms with Crippen LogP contribution in [0, 0.1) is 10.1 Å². The van der Waals surface area contributed by atoms with Crippen LogP contribution in [0.2, 0.25) is 0 Å². The monoisotopic (exact) mass is 604 g/mol. The summed E-state index contributed by atoms with van der Waals surface area (Å²) in [7, 11) is 4.35. The summed E-state index contributed by atoms with van der Waals surface area (Å²) in [5, 5.41) is 26.0. The molecule has 0 aliphatic carbocycles. The molecular formula is C25H40N4O9S2. The molecule has 15 heteroatoms. The molecule has 1 rings (SSSR count). The van der Waals surface area contributed by atoms with Crippen molar-refractivity contribution in [2.24, 2.45) is 0 Å². The number of hydrogen-bond acceptors (Lipinski definition) is 12. The summed E-state index contributed by atoms with van der Waals surface area (Å²) in [6, 6.07) is 3.01. The van der Waals surface area contributed by atoms with Gasteiger partial charge < -0.3 is 30.0 Å². The number of ether oxygens (including phenoxy) is 3. The Morgan fingerprint density at radius 2 is 1.82 bits per heavy atom. The van der Waals surface area contributed by atoms with Crippen molar-refractivity contribution in [2.75, 3.05) is 33.4 Å². The van der Waals surface area contributed by atoms with Gasteiger partial charge in [0.15, 0.2) is 6.29 Å². The highest BCUT2D eigenvalue weighted by molar-refractivity contribution is 8.77. The molecule has 0 aliphatic rings. The highest BCUT2D eigenvalue weighted by Gasteiger charge is 2.21. The number of carbonyl (C=O) groups is 3. The molecule has 0 aliphatic heterocycles. The molecule has 3 N–H and O–H groups in total. The van der Waals surface area contributed by atoms with Gasteiger partial charge in [0.25, 0.3) is 5.69 Å². The third-order valence-electron chi connectivity index (χ3n) is 5.43. The number of hydrogen-bond donors (Lipinski definition) is 3. The lowest BCUT2D eigenvalue weighted by molar-refractivity contribution is -0.385. The number of nitrogens with one attached hydrogen (secondary N) is 2. The van der Waals surface area contributed by atoms with Gasteiger partial charge in [0.05, 0.1) is 24.1 Å². The Bertz CT molecular complexity index is 931. The number of carbonyl (C=O) groups excluding carboxylic acids is 3. The predicted octanol–water partition coefficient (Wildman–Crippen LogP) is 2.99. The quantitative estimate of drug-likeness (QED) is 0.0467. The maximum Gasteiger partial charge on any atom is 0.306 e. The fourth-order valence-electron chi connectivity index (χ4n) is 2.98. The van der Waals surface area contributed by atoms with E-state index in [1.165, 1.54) is 30.2 Å². The molecule has 1 heterocycles. The first-order chi connectivity index (χ1) is 19.0. The summed E-state index contributed by atoms with van der Waals surface area (Å²) in [5.41, 5.74) is -0.0609. The predicted molar refractivity (Wildman–Crippen MR) is 152 cm³/mol. The molecule has 0 aromatic carbocycles. The first kappa shape index (κ1) is 35.6. The summed E-state index contributed by atoms with van der Waals surface area (Å²) < 4.78 is 15.3. The summed E-state index contributed by atoms with van der Waals surface area (Å²) in [6.07, 6.45) is 1.98. The molecule has 1 aromatic heterocycles. The van der Waals surface area contributed by atoms with Crippen LogP contribution in [0.15, 0.2) is 23.4 Å². The van der Waals surface area contributed by atoms with E-state index in [0.29, 0.717) is 43.8 Å². The lowest BCUT2D eigenvalue weighted by atomic mass is 10.1. The number of pyridine rings is 1. The zero-order chi connectivity index (χ0) is 30.0. The van der Waals surface area contributed by atoms with Crippen LogP contribution in [0.4, 0.5) is 5.69 Å². The second-order valence-corrected chi connectivity index (χ2v) is 12.1. The van der Waals surface area contributed by atoms with E-state index in [0.717, 1.165) is 0 Å². The first-order valence-corrected chi connectivity index (χ1v) is 15.1. The first-order valence-electron chi connectivity index (χ1n) is 12.9. The smallest absolute Gasteiger partial charge is 0.306 e. The number of aliphatic hydroxyl groups excluding tert-OH is 1. The second-order valence-electron chi connectivity index (χ2n) is 9.29. The molecule has 1 aromatic rings. The topological polar surface area (TPSA) is 179 Å². The zero-order valence-corrected chi connectivity index (χ0v) is 25.0. The normalized spacial score (nSPS) is 12.8. The van der Waals surface area contributed by atoms with Crippen molar-refractivity contribution in [3.8, 4) is 0 Å². The van der Waals surface area contributed by atoms with Gasteiger partial charge in [-0.1, -0.05) is 17.7 Å². The molecule has 2 unspecified atom stereocenters. The Morgan fingerprint density at radius 1 is 1.15 bits per heavy atom. The highest BCUT2D eigenvalue weighted by Crippen LogP contribution is 2.42. The van der Waals surface area contributed by atoms with Crippen molar-refractivity contribution in [1.29, 1.82) is 0 Å². The van der Waals surface area contributed by atoms with Gasteiger partial charge in [0.2, 0.25) is 11.8 Å². The molecule has 40 heavy (non-hydrogen) atoms. The van der Waals surface area contributed by atoms with Crippen molar-refractivity contribution >= 4 is 45.1 Å². The van der Waals surface area contributed by atoms with Crippen LogP contribution < -0.4 is 10.6 Å². The number of nitrogens with zero attached hydrogens (tertiary/aromatic N) is 2. The molecule has 0 bridgehead atoms. The fourth-order valence-corrected chi connectivity index (χ4v) is 5.17. The van der Waals surface area contributed by atoms with E-state index in [-0.39, 0.29) is 48.3 Å². The lowest BCUT2D eigenvalue weighted by Crippen LogP contribution is -2.31.